The maximum atomic E-state index is 6.28. The fraction of sp³-hybridized carbons (Fsp3) is 0.261. The molecule has 7 nitrogen and oxygen atoms in total. The monoisotopic (exact) mass is 400 g/mol. The Kier molecular flexibility index (Phi) is 3.79. The summed E-state index contributed by atoms with van der Waals surface area (Å²) in [5.41, 5.74) is 10.3. The Morgan fingerprint density at radius 2 is 1.77 bits per heavy atom. The van der Waals surface area contributed by atoms with E-state index in [4.69, 9.17) is 24.9 Å². The van der Waals surface area contributed by atoms with E-state index in [9.17, 15) is 0 Å². The highest BCUT2D eigenvalue weighted by Gasteiger charge is 2.47. The highest BCUT2D eigenvalue weighted by atomic mass is 16.5. The molecular weight excluding hydrogens is 380 g/mol. The van der Waals surface area contributed by atoms with E-state index in [-0.39, 0.29) is 6.02 Å². The van der Waals surface area contributed by atoms with Gasteiger partial charge in [0, 0.05) is 41.6 Å². The number of hydrogen-bond acceptors (Lipinski definition) is 7. The molecule has 0 bridgehead atoms. The molecule has 1 aromatic heterocycles. The molecule has 3 aromatic rings. The molecule has 0 radical (unpaired) electrons. The van der Waals surface area contributed by atoms with Crippen LogP contribution in [0.5, 0.6) is 11.5 Å². The van der Waals surface area contributed by atoms with Crippen LogP contribution in [0.1, 0.15) is 29.0 Å². The van der Waals surface area contributed by atoms with Crippen LogP contribution in [0, 0.1) is 0 Å². The zero-order chi connectivity index (χ0) is 20.1. The van der Waals surface area contributed by atoms with Gasteiger partial charge in [0.15, 0.2) is 5.54 Å². The molecule has 3 aliphatic heterocycles. The van der Waals surface area contributed by atoms with E-state index in [1.165, 1.54) is 11.9 Å². The predicted octanol–water partition coefficient (Wildman–Crippen LogP) is 3.34. The van der Waals surface area contributed by atoms with Crippen LogP contribution >= 0.6 is 0 Å². The molecular formula is C23H20N4O3. The Balaban J connectivity index is 1.53. The van der Waals surface area contributed by atoms with Crippen molar-refractivity contribution >= 4 is 6.02 Å². The Bertz CT molecular complexity index is 1160. The van der Waals surface area contributed by atoms with E-state index in [0.29, 0.717) is 12.5 Å². The van der Waals surface area contributed by atoms with Crippen molar-refractivity contribution < 1.29 is 14.2 Å². The highest BCUT2D eigenvalue weighted by molar-refractivity contribution is 5.78. The lowest BCUT2D eigenvalue weighted by Crippen LogP contribution is -2.31. The Morgan fingerprint density at radius 1 is 0.967 bits per heavy atom. The first-order valence-electron chi connectivity index (χ1n) is 10.0. The minimum Gasteiger partial charge on any atom is -0.462 e. The van der Waals surface area contributed by atoms with Gasteiger partial charge in [0.2, 0.25) is 0 Å². The van der Waals surface area contributed by atoms with Gasteiger partial charge in [0.1, 0.15) is 24.4 Å². The van der Waals surface area contributed by atoms with Crippen LogP contribution < -0.4 is 10.5 Å². The minimum atomic E-state index is -0.742. The molecule has 0 amide bonds. The molecule has 30 heavy (non-hydrogen) atoms. The zero-order valence-electron chi connectivity index (χ0n) is 16.2. The van der Waals surface area contributed by atoms with Crippen molar-refractivity contribution in [3.05, 3.63) is 71.8 Å². The first-order chi connectivity index (χ1) is 14.7. The van der Waals surface area contributed by atoms with Gasteiger partial charge in [-0.05, 0) is 41.8 Å². The summed E-state index contributed by atoms with van der Waals surface area (Å²) < 4.78 is 17.6. The van der Waals surface area contributed by atoms with Crippen molar-refractivity contribution in [3.63, 3.8) is 0 Å². The second-order valence-electron chi connectivity index (χ2n) is 7.86. The summed E-state index contributed by atoms with van der Waals surface area (Å²) in [5.74, 6) is 1.91. The molecule has 1 fully saturated rings. The van der Waals surface area contributed by atoms with Crippen molar-refractivity contribution in [2.24, 2.45) is 10.7 Å². The zero-order valence-corrected chi connectivity index (χ0v) is 16.2. The maximum Gasteiger partial charge on any atom is 0.283 e. The number of fused-ring (bicyclic) bond motifs is 4. The summed E-state index contributed by atoms with van der Waals surface area (Å²) >= 11 is 0. The molecule has 1 spiro atoms. The number of benzene rings is 2. The van der Waals surface area contributed by atoms with Gasteiger partial charge in [-0.1, -0.05) is 12.1 Å². The molecule has 3 aliphatic rings. The smallest absolute Gasteiger partial charge is 0.283 e. The van der Waals surface area contributed by atoms with Gasteiger partial charge < -0.3 is 19.9 Å². The standard InChI is InChI=1S/C23H20N4O3/c24-22-27-23(12-29-22)18-7-14(16-5-6-28-11-16)1-3-20(18)30-21-4-2-15(8-19(21)23)17-9-25-13-26-10-17/h1-4,7-10,13,16H,5-6,11-12H2,(H2,24,27)/t16-,23-/m1/s1. The van der Waals surface area contributed by atoms with Gasteiger partial charge in [0.05, 0.1) is 6.61 Å². The van der Waals surface area contributed by atoms with Crippen LogP contribution in [0.25, 0.3) is 11.1 Å². The van der Waals surface area contributed by atoms with Crippen LogP contribution in [0.15, 0.2) is 60.1 Å². The minimum absolute atomic E-state index is 0.192. The number of aliphatic imine (C=N–C) groups is 1. The summed E-state index contributed by atoms with van der Waals surface area (Å²) in [6, 6.07) is 12.6. The SMILES string of the molecule is NC1=N[C@@]2(CO1)c1cc(-c3cncnc3)ccc1Oc1ccc([C@@H]3CCOC3)cc12. The molecule has 150 valence electrons. The quantitative estimate of drug-likeness (QED) is 0.709. The van der Waals surface area contributed by atoms with Crippen molar-refractivity contribution in [3.8, 4) is 22.6 Å². The number of nitrogens with zero attached hydrogens (tertiary/aromatic N) is 3. The molecule has 2 N–H and O–H groups in total. The van der Waals surface area contributed by atoms with Gasteiger partial charge in [-0.3, -0.25) is 0 Å². The molecule has 2 aromatic carbocycles. The first kappa shape index (κ1) is 17.4. The molecule has 0 unspecified atom stereocenters. The number of rotatable bonds is 2. The van der Waals surface area contributed by atoms with Crippen LogP contribution in [0.3, 0.4) is 0 Å². The summed E-state index contributed by atoms with van der Waals surface area (Å²) in [6.45, 7) is 1.87. The van der Waals surface area contributed by atoms with E-state index in [1.807, 2.05) is 18.2 Å². The normalized spacial score (nSPS) is 24.0. The average Bonchev–Trinajstić information content (AvgIpc) is 3.45. The van der Waals surface area contributed by atoms with Crippen LogP contribution in [-0.2, 0) is 15.0 Å². The lowest BCUT2D eigenvalue weighted by Gasteiger charge is -2.34. The molecule has 4 heterocycles. The summed E-state index contributed by atoms with van der Waals surface area (Å²) in [6.07, 6.45) is 6.12. The summed E-state index contributed by atoms with van der Waals surface area (Å²) in [4.78, 5) is 13.1. The Labute approximate surface area is 173 Å². The second-order valence-corrected chi connectivity index (χ2v) is 7.86. The summed E-state index contributed by atoms with van der Waals surface area (Å²) in [7, 11) is 0. The molecule has 0 saturated carbocycles. The van der Waals surface area contributed by atoms with E-state index in [0.717, 1.165) is 53.4 Å². The van der Waals surface area contributed by atoms with E-state index in [2.05, 4.69) is 28.2 Å². The first-order valence-corrected chi connectivity index (χ1v) is 10.0. The van der Waals surface area contributed by atoms with Crippen LogP contribution in [-0.4, -0.2) is 35.8 Å². The third-order valence-corrected chi connectivity index (χ3v) is 6.12. The van der Waals surface area contributed by atoms with Crippen molar-refractivity contribution in [1.82, 2.24) is 9.97 Å². The van der Waals surface area contributed by atoms with E-state index < -0.39 is 5.54 Å². The lowest BCUT2D eigenvalue weighted by molar-refractivity contribution is 0.194. The predicted molar refractivity (Wildman–Crippen MR) is 111 cm³/mol. The van der Waals surface area contributed by atoms with Gasteiger partial charge in [-0.2, -0.15) is 0 Å². The van der Waals surface area contributed by atoms with Gasteiger partial charge in [-0.15, -0.1) is 0 Å². The second kappa shape index (κ2) is 6.53. The third-order valence-electron chi connectivity index (χ3n) is 6.12. The topological polar surface area (TPSA) is 91.9 Å². The number of aromatic nitrogens is 2. The fourth-order valence-electron chi connectivity index (χ4n) is 4.55. The Hall–Kier alpha value is -3.45. The number of nitrogens with two attached hydrogens (primary N) is 1. The van der Waals surface area contributed by atoms with Crippen molar-refractivity contribution in [1.29, 1.82) is 0 Å². The lowest BCUT2D eigenvalue weighted by atomic mass is 9.79. The van der Waals surface area contributed by atoms with Crippen LogP contribution in [0.2, 0.25) is 0 Å². The number of ether oxygens (including phenoxy) is 3. The molecule has 1 saturated heterocycles. The fourth-order valence-corrected chi connectivity index (χ4v) is 4.55. The molecule has 7 heteroatoms. The van der Waals surface area contributed by atoms with Gasteiger partial charge in [-0.25, -0.2) is 15.0 Å². The molecule has 2 atom stereocenters. The average molecular weight is 400 g/mol. The number of amidine groups is 1. The van der Waals surface area contributed by atoms with Gasteiger partial charge in [0.25, 0.3) is 6.02 Å². The maximum absolute atomic E-state index is 6.28. The van der Waals surface area contributed by atoms with E-state index >= 15 is 0 Å². The molecule has 6 rings (SSSR count). The number of hydrogen-bond donors (Lipinski definition) is 1. The third kappa shape index (κ3) is 2.59. The largest absolute Gasteiger partial charge is 0.462 e. The Morgan fingerprint density at radius 3 is 2.50 bits per heavy atom. The molecule has 0 aliphatic carbocycles. The van der Waals surface area contributed by atoms with E-state index in [1.54, 1.807) is 12.4 Å². The van der Waals surface area contributed by atoms with Crippen molar-refractivity contribution in [2.75, 3.05) is 19.8 Å². The summed E-state index contributed by atoms with van der Waals surface area (Å²) in [5, 5.41) is 0. The highest BCUT2D eigenvalue weighted by Crippen LogP contribution is 2.52. The van der Waals surface area contributed by atoms with Crippen molar-refractivity contribution in [2.45, 2.75) is 17.9 Å². The van der Waals surface area contributed by atoms with Crippen LogP contribution in [0.4, 0.5) is 0 Å². The van der Waals surface area contributed by atoms with Gasteiger partial charge >= 0.3 is 0 Å².